The number of hydrogen-bond acceptors (Lipinski definition) is 4. The normalized spacial score (nSPS) is 18.4. The molecular weight excluding hydrogens is 342 g/mol. The summed E-state index contributed by atoms with van der Waals surface area (Å²) in [6.45, 7) is 13.2. The van der Waals surface area contributed by atoms with Crippen LogP contribution in [0.4, 0.5) is 10.5 Å². The smallest absolute Gasteiger partial charge is 0.411 e. The van der Waals surface area contributed by atoms with Crippen molar-refractivity contribution in [2.75, 3.05) is 50.8 Å². The maximum atomic E-state index is 11.6. The third-order valence-electron chi connectivity index (χ3n) is 5.16. The van der Waals surface area contributed by atoms with Crippen molar-refractivity contribution < 1.29 is 14.6 Å². The Kier molecular flexibility index (Phi) is 8.88. The monoisotopic (exact) mass is 377 g/mol. The zero-order valence-electron chi connectivity index (χ0n) is 17.1. The molecule has 1 heterocycles. The SMILES string of the molecule is CCCN1CCN(CCCCN(C(=O)O)c2ccc(OCC)cc2)CC1C. The van der Waals surface area contributed by atoms with Crippen LogP contribution in [-0.4, -0.2) is 72.9 Å². The number of rotatable bonds is 10. The predicted molar refractivity (Wildman–Crippen MR) is 110 cm³/mol. The standard InChI is InChI=1S/C21H35N3O3/c1-4-12-23-16-15-22(17-18(23)3)13-6-7-14-24(21(25)26)19-8-10-20(11-9-19)27-5-2/h8-11,18H,4-7,12-17H2,1-3H3,(H,25,26). The zero-order chi connectivity index (χ0) is 19.6. The van der Waals surface area contributed by atoms with Gasteiger partial charge in [-0.15, -0.1) is 0 Å². The van der Waals surface area contributed by atoms with Crippen LogP contribution < -0.4 is 9.64 Å². The zero-order valence-corrected chi connectivity index (χ0v) is 17.1. The van der Waals surface area contributed by atoms with E-state index in [1.807, 2.05) is 31.2 Å². The van der Waals surface area contributed by atoms with Gasteiger partial charge in [-0.3, -0.25) is 9.80 Å². The van der Waals surface area contributed by atoms with Gasteiger partial charge in [-0.2, -0.15) is 0 Å². The van der Waals surface area contributed by atoms with Crippen molar-refractivity contribution in [1.29, 1.82) is 0 Å². The Labute approximate surface area is 163 Å². The number of amides is 1. The van der Waals surface area contributed by atoms with Gasteiger partial charge in [0.25, 0.3) is 0 Å². The Balaban J connectivity index is 1.76. The van der Waals surface area contributed by atoms with Crippen LogP contribution in [0.15, 0.2) is 24.3 Å². The summed E-state index contributed by atoms with van der Waals surface area (Å²) in [5.41, 5.74) is 0.702. The third kappa shape index (κ3) is 6.70. The summed E-state index contributed by atoms with van der Waals surface area (Å²) < 4.78 is 5.42. The van der Waals surface area contributed by atoms with Gasteiger partial charge in [-0.1, -0.05) is 6.92 Å². The van der Waals surface area contributed by atoms with Crippen LogP contribution in [-0.2, 0) is 0 Å². The number of unbranched alkanes of at least 4 members (excludes halogenated alkanes) is 1. The first-order chi connectivity index (χ1) is 13.0. The Morgan fingerprint density at radius 3 is 2.52 bits per heavy atom. The van der Waals surface area contributed by atoms with Crippen LogP contribution in [0.5, 0.6) is 5.75 Å². The van der Waals surface area contributed by atoms with E-state index in [9.17, 15) is 9.90 Å². The topological polar surface area (TPSA) is 56.2 Å². The summed E-state index contributed by atoms with van der Waals surface area (Å²) in [6, 6.07) is 7.89. The molecule has 6 nitrogen and oxygen atoms in total. The first kappa shape index (κ1) is 21.5. The van der Waals surface area contributed by atoms with Crippen molar-refractivity contribution >= 4 is 11.8 Å². The van der Waals surface area contributed by atoms with Crippen molar-refractivity contribution in [3.63, 3.8) is 0 Å². The van der Waals surface area contributed by atoms with E-state index in [0.717, 1.165) is 44.8 Å². The van der Waals surface area contributed by atoms with Gasteiger partial charge in [0.15, 0.2) is 0 Å². The lowest BCUT2D eigenvalue weighted by Crippen LogP contribution is -2.52. The van der Waals surface area contributed by atoms with E-state index in [1.165, 1.54) is 17.9 Å². The van der Waals surface area contributed by atoms with Crippen LogP contribution in [0.2, 0.25) is 0 Å². The van der Waals surface area contributed by atoms with E-state index in [-0.39, 0.29) is 0 Å². The highest BCUT2D eigenvalue weighted by molar-refractivity contribution is 5.86. The average molecular weight is 378 g/mol. The minimum Gasteiger partial charge on any atom is -0.494 e. The van der Waals surface area contributed by atoms with E-state index in [1.54, 1.807) is 0 Å². The highest BCUT2D eigenvalue weighted by atomic mass is 16.5. The summed E-state index contributed by atoms with van der Waals surface area (Å²) in [5.74, 6) is 0.767. The molecule has 0 aromatic heterocycles. The van der Waals surface area contributed by atoms with Gasteiger partial charge in [0, 0.05) is 37.9 Å². The summed E-state index contributed by atoms with van der Waals surface area (Å²) in [7, 11) is 0. The Morgan fingerprint density at radius 2 is 1.93 bits per heavy atom. The highest BCUT2D eigenvalue weighted by Gasteiger charge is 2.22. The fraction of sp³-hybridized carbons (Fsp3) is 0.667. The summed E-state index contributed by atoms with van der Waals surface area (Å²) in [5, 5.41) is 9.54. The molecule has 6 heteroatoms. The van der Waals surface area contributed by atoms with E-state index in [4.69, 9.17) is 4.74 Å². The molecule has 1 unspecified atom stereocenters. The minimum atomic E-state index is -0.902. The van der Waals surface area contributed by atoms with Gasteiger partial charge < -0.3 is 14.7 Å². The number of carboxylic acid groups (broad SMARTS) is 1. The second-order valence-corrected chi connectivity index (χ2v) is 7.25. The lowest BCUT2D eigenvalue weighted by atomic mass is 10.1. The first-order valence-corrected chi connectivity index (χ1v) is 10.2. The lowest BCUT2D eigenvalue weighted by Gasteiger charge is -2.39. The molecular formula is C21H35N3O3. The maximum absolute atomic E-state index is 11.6. The molecule has 0 aliphatic carbocycles. The minimum absolute atomic E-state index is 0.522. The average Bonchev–Trinajstić information content (AvgIpc) is 2.65. The molecule has 1 aliphatic rings. The number of carbonyl (C=O) groups is 1. The Bertz CT molecular complexity index is 564. The van der Waals surface area contributed by atoms with Gasteiger partial charge in [-0.05, 0) is 70.5 Å². The maximum Gasteiger partial charge on any atom is 0.411 e. The van der Waals surface area contributed by atoms with Crippen LogP contribution in [0.25, 0.3) is 0 Å². The quantitative estimate of drug-likeness (QED) is 0.629. The Hall–Kier alpha value is -1.79. The molecule has 0 spiro atoms. The molecule has 1 amide bonds. The van der Waals surface area contributed by atoms with E-state index < -0.39 is 6.09 Å². The molecule has 2 rings (SSSR count). The molecule has 1 aliphatic heterocycles. The second kappa shape index (κ2) is 11.1. The molecule has 1 atom stereocenters. The molecule has 0 bridgehead atoms. The largest absolute Gasteiger partial charge is 0.494 e. The first-order valence-electron chi connectivity index (χ1n) is 10.2. The van der Waals surface area contributed by atoms with Crippen molar-refractivity contribution in [3.05, 3.63) is 24.3 Å². The second-order valence-electron chi connectivity index (χ2n) is 7.25. The summed E-state index contributed by atoms with van der Waals surface area (Å²) >= 11 is 0. The fourth-order valence-electron chi connectivity index (χ4n) is 3.72. The van der Waals surface area contributed by atoms with E-state index in [2.05, 4.69) is 23.6 Å². The van der Waals surface area contributed by atoms with E-state index in [0.29, 0.717) is 24.9 Å². The lowest BCUT2D eigenvalue weighted by molar-refractivity contribution is 0.0827. The van der Waals surface area contributed by atoms with E-state index >= 15 is 0 Å². The number of ether oxygens (including phenoxy) is 1. The van der Waals surface area contributed by atoms with Crippen molar-refractivity contribution in [2.45, 2.75) is 46.1 Å². The van der Waals surface area contributed by atoms with Crippen LogP contribution in [0.1, 0.15) is 40.0 Å². The summed E-state index contributed by atoms with van der Waals surface area (Å²) in [4.78, 5) is 18.1. The van der Waals surface area contributed by atoms with Crippen LogP contribution >= 0.6 is 0 Å². The number of benzene rings is 1. The summed E-state index contributed by atoms with van der Waals surface area (Å²) in [6.07, 6.45) is 2.19. The molecule has 1 aromatic carbocycles. The number of anilines is 1. The van der Waals surface area contributed by atoms with Gasteiger partial charge >= 0.3 is 6.09 Å². The van der Waals surface area contributed by atoms with Crippen molar-refractivity contribution in [2.24, 2.45) is 0 Å². The molecule has 0 saturated carbocycles. The molecule has 0 radical (unpaired) electrons. The molecule has 27 heavy (non-hydrogen) atoms. The fourth-order valence-corrected chi connectivity index (χ4v) is 3.72. The molecule has 1 saturated heterocycles. The predicted octanol–water partition coefficient (Wildman–Crippen LogP) is 3.77. The number of piperazine rings is 1. The van der Waals surface area contributed by atoms with Gasteiger partial charge in [0.1, 0.15) is 5.75 Å². The molecule has 1 N–H and O–H groups in total. The molecule has 152 valence electrons. The van der Waals surface area contributed by atoms with Crippen LogP contribution in [0.3, 0.4) is 0 Å². The van der Waals surface area contributed by atoms with Gasteiger partial charge in [0.2, 0.25) is 0 Å². The van der Waals surface area contributed by atoms with Gasteiger partial charge in [0.05, 0.1) is 6.61 Å². The van der Waals surface area contributed by atoms with Crippen LogP contribution in [0, 0.1) is 0 Å². The molecule has 1 fully saturated rings. The third-order valence-corrected chi connectivity index (χ3v) is 5.16. The number of nitrogens with zero attached hydrogens (tertiary/aromatic N) is 3. The van der Waals surface area contributed by atoms with Crippen molar-refractivity contribution in [3.8, 4) is 5.75 Å². The molecule has 1 aromatic rings. The highest BCUT2D eigenvalue weighted by Crippen LogP contribution is 2.20. The number of hydrogen-bond donors (Lipinski definition) is 1. The Morgan fingerprint density at radius 1 is 1.19 bits per heavy atom. The van der Waals surface area contributed by atoms with Gasteiger partial charge in [-0.25, -0.2) is 4.79 Å². The van der Waals surface area contributed by atoms with Crippen molar-refractivity contribution in [1.82, 2.24) is 9.80 Å².